The minimum Gasteiger partial charge on any atom is -0.497 e. The van der Waals surface area contributed by atoms with Gasteiger partial charge >= 0.3 is 0 Å². The van der Waals surface area contributed by atoms with Crippen molar-refractivity contribution in [1.29, 1.82) is 0 Å². The molecule has 1 heterocycles. The van der Waals surface area contributed by atoms with Gasteiger partial charge < -0.3 is 15.0 Å². The van der Waals surface area contributed by atoms with Crippen molar-refractivity contribution in [3.63, 3.8) is 0 Å². The Hall–Kier alpha value is -1.62. The molecule has 0 radical (unpaired) electrons. The van der Waals surface area contributed by atoms with E-state index in [0.29, 0.717) is 0 Å². The number of nitrogens with one attached hydrogen (secondary N) is 2. The van der Waals surface area contributed by atoms with Crippen LogP contribution in [0.5, 0.6) is 5.75 Å². The van der Waals surface area contributed by atoms with Gasteiger partial charge in [-0.05, 0) is 36.9 Å². The zero-order valence-corrected chi connectivity index (χ0v) is 14.0. The first-order valence-corrected chi connectivity index (χ1v) is 8.16. The molecule has 3 rings (SSSR count). The number of ether oxygens (including phenoxy) is 1. The van der Waals surface area contributed by atoms with Gasteiger partial charge in [-0.3, -0.25) is 0 Å². The van der Waals surface area contributed by atoms with E-state index < -0.39 is 0 Å². The van der Waals surface area contributed by atoms with Crippen molar-refractivity contribution < 1.29 is 4.74 Å². The highest BCUT2D eigenvalue weighted by atomic mass is 35.5. The molecule has 1 aromatic heterocycles. The van der Waals surface area contributed by atoms with Crippen molar-refractivity contribution in [3.8, 4) is 5.75 Å². The molecule has 3 nitrogen and oxygen atoms in total. The number of aromatic amines is 1. The van der Waals surface area contributed by atoms with Crippen LogP contribution in [0.4, 0.5) is 0 Å². The SMILES string of the molecule is CNCc1ccc(Cl)cc1Sc1c[nH]c2cc(OC)ccc12. The van der Waals surface area contributed by atoms with E-state index in [0.717, 1.165) is 22.8 Å². The fourth-order valence-corrected chi connectivity index (χ4v) is 3.71. The summed E-state index contributed by atoms with van der Waals surface area (Å²) in [5, 5.41) is 5.13. The average molecular weight is 333 g/mol. The Morgan fingerprint density at radius 3 is 2.82 bits per heavy atom. The van der Waals surface area contributed by atoms with Crippen LogP contribution in [0.25, 0.3) is 10.9 Å². The largest absolute Gasteiger partial charge is 0.497 e. The van der Waals surface area contributed by atoms with Crippen LogP contribution in [0.2, 0.25) is 5.02 Å². The van der Waals surface area contributed by atoms with Gasteiger partial charge in [0.05, 0.1) is 12.6 Å². The molecule has 0 bridgehead atoms. The molecule has 0 amide bonds. The molecule has 5 heteroatoms. The number of halogens is 1. The maximum Gasteiger partial charge on any atom is 0.120 e. The lowest BCUT2D eigenvalue weighted by Gasteiger charge is -2.09. The molecule has 0 aliphatic rings. The number of benzene rings is 2. The zero-order chi connectivity index (χ0) is 15.5. The van der Waals surface area contributed by atoms with Crippen molar-refractivity contribution in [2.45, 2.75) is 16.3 Å². The van der Waals surface area contributed by atoms with E-state index in [4.69, 9.17) is 16.3 Å². The van der Waals surface area contributed by atoms with E-state index in [9.17, 15) is 0 Å². The summed E-state index contributed by atoms with van der Waals surface area (Å²) in [7, 11) is 3.62. The van der Waals surface area contributed by atoms with Crippen LogP contribution >= 0.6 is 23.4 Å². The van der Waals surface area contributed by atoms with Gasteiger partial charge in [0.1, 0.15) is 5.75 Å². The Bertz CT molecular complexity index is 800. The molecule has 0 saturated heterocycles. The fourth-order valence-electron chi connectivity index (χ4n) is 2.37. The monoisotopic (exact) mass is 332 g/mol. The highest BCUT2D eigenvalue weighted by molar-refractivity contribution is 7.99. The molecule has 0 unspecified atom stereocenters. The summed E-state index contributed by atoms with van der Waals surface area (Å²) in [6.07, 6.45) is 2.03. The van der Waals surface area contributed by atoms with Crippen molar-refractivity contribution >= 4 is 34.3 Å². The van der Waals surface area contributed by atoms with E-state index in [1.165, 1.54) is 20.7 Å². The number of H-pyrrole nitrogens is 1. The maximum absolute atomic E-state index is 6.16. The molecular formula is C17H17ClN2OS. The summed E-state index contributed by atoms with van der Waals surface area (Å²) in [6.45, 7) is 0.815. The predicted molar refractivity (Wildman–Crippen MR) is 93.2 cm³/mol. The minimum atomic E-state index is 0.754. The molecule has 114 valence electrons. The molecular weight excluding hydrogens is 316 g/mol. The van der Waals surface area contributed by atoms with Gasteiger partial charge in [0.15, 0.2) is 0 Å². The van der Waals surface area contributed by atoms with Crippen LogP contribution in [0, 0.1) is 0 Å². The van der Waals surface area contributed by atoms with E-state index >= 15 is 0 Å². The van der Waals surface area contributed by atoms with Crippen molar-refractivity contribution in [2.24, 2.45) is 0 Å². The van der Waals surface area contributed by atoms with E-state index in [2.05, 4.69) is 22.4 Å². The minimum absolute atomic E-state index is 0.754. The van der Waals surface area contributed by atoms with Crippen LogP contribution in [0.15, 0.2) is 52.4 Å². The third-order valence-electron chi connectivity index (χ3n) is 3.47. The van der Waals surface area contributed by atoms with Gasteiger partial charge in [0.2, 0.25) is 0 Å². The van der Waals surface area contributed by atoms with E-state index in [1.807, 2.05) is 37.5 Å². The van der Waals surface area contributed by atoms with Gasteiger partial charge in [-0.1, -0.05) is 29.4 Å². The molecule has 22 heavy (non-hydrogen) atoms. The Morgan fingerprint density at radius 1 is 1.18 bits per heavy atom. The van der Waals surface area contributed by atoms with Crippen molar-refractivity contribution in [2.75, 3.05) is 14.2 Å². The second-order valence-corrected chi connectivity index (χ2v) is 6.47. The summed E-state index contributed by atoms with van der Waals surface area (Å²) < 4.78 is 5.26. The molecule has 3 aromatic rings. The first kappa shape index (κ1) is 15.3. The summed E-state index contributed by atoms with van der Waals surface area (Å²) in [5.41, 5.74) is 2.30. The Labute approximate surface area is 139 Å². The summed E-state index contributed by atoms with van der Waals surface area (Å²) in [6, 6.07) is 12.1. The van der Waals surface area contributed by atoms with Crippen LogP contribution in [0.3, 0.4) is 0 Å². The normalized spacial score (nSPS) is 11.0. The van der Waals surface area contributed by atoms with Crippen LogP contribution in [0.1, 0.15) is 5.56 Å². The predicted octanol–water partition coefficient (Wildman–Crippen LogP) is 4.70. The van der Waals surface area contributed by atoms with Crippen molar-refractivity contribution in [3.05, 3.63) is 53.2 Å². The first-order valence-electron chi connectivity index (χ1n) is 6.97. The number of fused-ring (bicyclic) bond motifs is 1. The third kappa shape index (κ3) is 3.09. The number of methoxy groups -OCH3 is 1. The maximum atomic E-state index is 6.16. The fraction of sp³-hybridized carbons (Fsp3) is 0.176. The Kier molecular flexibility index (Phi) is 4.62. The van der Waals surface area contributed by atoms with Gasteiger partial charge in [-0.2, -0.15) is 0 Å². The smallest absolute Gasteiger partial charge is 0.120 e. The molecule has 0 atom stereocenters. The van der Waals surface area contributed by atoms with E-state index in [-0.39, 0.29) is 0 Å². The molecule has 0 spiro atoms. The highest BCUT2D eigenvalue weighted by Gasteiger charge is 2.10. The van der Waals surface area contributed by atoms with Crippen LogP contribution in [-0.4, -0.2) is 19.1 Å². The number of aromatic nitrogens is 1. The summed E-state index contributed by atoms with van der Waals surface area (Å²) >= 11 is 7.88. The lowest BCUT2D eigenvalue weighted by molar-refractivity contribution is 0.415. The quantitative estimate of drug-likeness (QED) is 0.711. The van der Waals surface area contributed by atoms with E-state index in [1.54, 1.807) is 18.9 Å². The average Bonchev–Trinajstić information content (AvgIpc) is 2.92. The number of hydrogen-bond donors (Lipinski definition) is 2. The second-order valence-electron chi connectivity index (χ2n) is 4.95. The first-order chi connectivity index (χ1) is 10.7. The van der Waals surface area contributed by atoms with Crippen molar-refractivity contribution in [1.82, 2.24) is 10.3 Å². The molecule has 0 saturated carbocycles. The molecule has 0 aliphatic heterocycles. The number of hydrogen-bond acceptors (Lipinski definition) is 3. The standard InChI is InChI=1S/C17H17ClN2OS/c1-19-9-11-3-4-12(18)7-16(11)22-17-10-20-15-8-13(21-2)5-6-14(15)17/h3-8,10,19-20H,9H2,1-2H3. The lowest BCUT2D eigenvalue weighted by Crippen LogP contribution is -2.05. The van der Waals surface area contributed by atoms with Gasteiger partial charge in [0.25, 0.3) is 0 Å². The molecule has 2 aromatic carbocycles. The highest BCUT2D eigenvalue weighted by Crippen LogP contribution is 2.37. The molecule has 0 fully saturated rings. The van der Waals surface area contributed by atoms with Gasteiger partial charge in [-0.25, -0.2) is 0 Å². The lowest BCUT2D eigenvalue weighted by atomic mass is 10.2. The Morgan fingerprint density at radius 2 is 2.05 bits per heavy atom. The molecule has 0 aliphatic carbocycles. The van der Waals surface area contributed by atoms with Crippen LogP contribution < -0.4 is 10.1 Å². The topological polar surface area (TPSA) is 37.0 Å². The third-order valence-corrected chi connectivity index (χ3v) is 4.86. The second kappa shape index (κ2) is 6.65. The van der Waals surface area contributed by atoms with Gasteiger partial charge in [-0.15, -0.1) is 0 Å². The zero-order valence-electron chi connectivity index (χ0n) is 12.4. The molecule has 2 N–H and O–H groups in total. The summed E-state index contributed by atoms with van der Waals surface area (Å²) in [4.78, 5) is 5.64. The number of rotatable bonds is 5. The van der Waals surface area contributed by atoms with Crippen LogP contribution in [-0.2, 0) is 6.54 Å². The van der Waals surface area contributed by atoms with Gasteiger partial charge in [0, 0.05) is 39.0 Å². The summed E-state index contributed by atoms with van der Waals surface area (Å²) in [5.74, 6) is 0.851. The Balaban J connectivity index is 1.98.